The van der Waals surface area contributed by atoms with Crippen LogP contribution >= 0.6 is 0 Å². The van der Waals surface area contributed by atoms with Gasteiger partial charge in [-0.2, -0.15) is 9.61 Å². The molecule has 1 aromatic carbocycles. The fourth-order valence-electron chi connectivity index (χ4n) is 3.23. The van der Waals surface area contributed by atoms with E-state index in [9.17, 15) is 9.59 Å². The fourth-order valence-corrected chi connectivity index (χ4v) is 3.23. The van der Waals surface area contributed by atoms with Crippen LogP contribution in [0.5, 0.6) is 0 Å². The Hall–Kier alpha value is -3.68. The monoisotopic (exact) mass is 449 g/mol. The van der Waals surface area contributed by atoms with Crippen LogP contribution in [0.2, 0.25) is 0 Å². The maximum absolute atomic E-state index is 13.3. The van der Waals surface area contributed by atoms with Crippen molar-refractivity contribution in [2.75, 3.05) is 10.2 Å². The number of ether oxygens (including phenoxy) is 1. The molecule has 2 amide bonds. The van der Waals surface area contributed by atoms with E-state index < -0.39 is 11.7 Å². The molecule has 0 saturated heterocycles. The van der Waals surface area contributed by atoms with Crippen molar-refractivity contribution >= 4 is 29.2 Å². The Bertz CT molecular complexity index is 1190. The number of rotatable bonds is 6. The van der Waals surface area contributed by atoms with E-state index >= 15 is 0 Å². The lowest BCUT2D eigenvalue weighted by Gasteiger charge is -2.27. The highest BCUT2D eigenvalue weighted by Crippen LogP contribution is 2.26. The fraction of sp³-hybridized carbons (Fsp3) is 0.360. The number of benzene rings is 1. The van der Waals surface area contributed by atoms with E-state index in [0.29, 0.717) is 22.7 Å². The van der Waals surface area contributed by atoms with Gasteiger partial charge in [-0.15, -0.1) is 0 Å². The number of carbonyl (C=O) groups is 2. The van der Waals surface area contributed by atoms with Gasteiger partial charge in [0, 0.05) is 23.0 Å². The summed E-state index contributed by atoms with van der Waals surface area (Å²) in [6.45, 7) is 15.1. The Kier molecular flexibility index (Phi) is 6.86. The molecular formula is C25H31N5O3. The first-order chi connectivity index (χ1) is 15.5. The Balaban J connectivity index is 2.02. The Morgan fingerprint density at radius 1 is 1.24 bits per heavy atom. The minimum Gasteiger partial charge on any atom is -0.443 e. The van der Waals surface area contributed by atoms with E-state index in [4.69, 9.17) is 4.74 Å². The highest BCUT2D eigenvalue weighted by Gasteiger charge is 2.26. The predicted octanol–water partition coefficient (Wildman–Crippen LogP) is 5.31. The molecule has 3 rings (SSSR count). The molecule has 2 aromatic heterocycles. The zero-order chi connectivity index (χ0) is 24.3. The van der Waals surface area contributed by atoms with Gasteiger partial charge in [0.2, 0.25) is 0 Å². The average molecular weight is 450 g/mol. The third-order valence-electron chi connectivity index (χ3n) is 4.83. The van der Waals surface area contributed by atoms with Crippen molar-refractivity contribution < 1.29 is 14.3 Å². The molecule has 8 heteroatoms. The summed E-state index contributed by atoms with van der Waals surface area (Å²) in [5.41, 5.74) is 2.84. The molecule has 0 spiro atoms. The third kappa shape index (κ3) is 5.77. The lowest BCUT2D eigenvalue weighted by atomic mass is 10.1. The van der Waals surface area contributed by atoms with Crippen molar-refractivity contribution in [1.82, 2.24) is 14.6 Å². The molecule has 3 aromatic rings. The average Bonchev–Trinajstić information content (AvgIpc) is 3.15. The van der Waals surface area contributed by atoms with Gasteiger partial charge in [0.15, 0.2) is 5.65 Å². The van der Waals surface area contributed by atoms with Gasteiger partial charge < -0.3 is 10.1 Å². The molecule has 0 saturated carbocycles. The Morgan fingerprint density at radius 2 is 1.97 bits per heavy atom. The second-order valence-corrected chi connectivity index (χ2v) is 9.29. The minimum absolute atomic E-state index is 0.210. The molecule has 0 bridgehead atoms. The molecular weight excluding hydrogens is 418 g/mol. The predicted molar refractivity (Wildman–Crippen MR) is 129 cm³/mol. The van der Waals surface area contributed by atoms with Gasteiger partial charge in [-0.25, -0.2) is 9.78 Å². The number of hydrogen-bond donors (Lipinski definition) is 1. The van der Waals surface area contributed by atoms with E-state index in [-0.39, 0.29) is 18.4 Å². The van der Waals surface area contributed by atoms with Crippen molar-refractivity contribution in [3.8, 4) is 0 Å². The van der Waals surface area contributed by atoms with E-state index in [1.165, 1.54) is 4.90 Å². The molecule has 0 fully saturated rings. The summed E-state index contributed by atoms with van der Waals surface area (Å²) in [4.78, 5) is 31.3. The summed E-state index contributed by atoms with van der Waals surface area (Å²) in [5.74, 6) is 0.510. The largest absolute Gasteiger partial charge is 0.443 e. The molecule has 0 aliphatic carbocycles. The third-order valence-corrected chi connectivity index (χ3v) is 4.83. The van der Waals surface area contributed by atoms with E-state index in [0.717, 1.165) is 11.1 Å². The molecule has 0 atom stereocenters. The number of carbonyl (C=O) groups excluding carboxylic acids is 2. The minimum atomic E-state index is -0.675. The maximum Gasteiger partial charge on any atom is 0.416 e. The molecule has 8 nitrogen and oxygen atoms in total. The van der Waals surface area contributed by atoms with Crippen molar-refractivity contribution in [1.29, 1.82) is 0 Å². The van der Waals surface area contributed by atoms with Gasteiger partial charge in [0.05, 0.1) is 12.7 Å². The van der Waals surface area contributed by atoms with Crippen LogP contribution in [-0.2, 0) is 16.1 Å². The molecule has 33 heavy (non-hydrogen) atoms. The van der Waals surface area contributed by atoms with Crippen LogP contribution in [0.1, 0.15) is 58.6 Å². The van der Waals surface area contributed by atoms with Crippen LogP contribution in [0.3, 0.4) is 0 Å². The zero-order valence-corrected chi connectivity index (χ0v) is 20.0. The van der Waals surface area contributed by atoms with Gasteiger partial charge in [-0.05, 0) is 57.4 Å². The molecule has 174 valence electrons. The summed E-state index contributed by atoms with van der Waals surface area (Å²) < 4.78 is 7.36. The lowest BCUT2D eigenvalue weighted by molar-refractivity contribution is -0.112. The Labute approximate surface area is 194 Å². The first-order valence-electron chi connectivity index (χ1n) is 10.8. The summed E-state index contributed by atoms with van der Waals surface area (Å²) in [7, 11) is 0. The first-order valence-corrected chi connectivity index (χ1v) is 10.8. The SMILES string of the molecule is C=C(C)C(=O)Nc1cccc(CN(C(=O)OC(C)(C)C)c2ccnc3c(C(C)C)cnn23)c1. The van der Waals surface area contributed by atoms with Crippen molar-refractivity contribution in [2.24, 2.45) is 0 Å². The highest BCUT2D eigenvalue weighted by molar-refractivity contribution is 6.02. The zero-order valence-electron chi connectivity index (χ0n) is 20.0. The second-order valence-electron chi connectivity index (χ2n) is 9.29. The van der Waals surface area contributed by atoms with E-state index in [1.54, 1.807) is 36.0 Å². The number of aromatic nitrogens is 3. The molecule has 0 aliphatic rings. The van der Waals surface area contributed by atoms with Gasteiger partial charge in [0.1, 0.15) is 11.4 Å². The highest BCUT2D eigenvalue weighted by atomic mass is 16.6. The molecule has 2 heterocycles. The normalized spacial score (nSPS) is 11.5. The number of amides is 2. The summed E-state index contributed by atoms with van der Waals surface area (Å²) >= 11 is 0. The second kappa shape index (κ2) is 9.44. The van der Waals surface area contributed by atoms with E-state index in [1.807, 2.05) is 39.0 Å². The number of nitrogens with zero attached hydrogens (tertiary/aromatic N) is 4. The number of nitrogens with one attached hydrogen (secondary N) is 1. The topological polar surface area (TPSA) is 88.8 Å². The summed E-state index contributed by atoms with van der Waals surface area (Å²) in [6.07, 6.45) is 2.93. The summed E-state index contributed by atoms with van der Waals surface area (Å²) in [5, 5.41) is 7.30. The van der Waals surface area contributed by atoms with Crippen molar-refractivity contribution in [3.63, 3.8) is 0 Å². The van der Waals surface area contributed by atoms with Crippen molar-refractivity contribution in [2.45, 2.75) is 59.6 Å². The smallest absolute Gasteiger partial charge is 0.416 e. The maximum atomic E-state index is 13.3. The van der Waals surface area contributed by atoms with Crippen LogP contribution < -0.4 is 10.2 Å². The molecule has 1 N–H and O–H groups in total. The standard InChI is InChI=1S/C25H31N5O3/c1-16(2)20-14-27-30-21(11-12-26-22(20)30)29(24(32)33-25(5,6)7)15-18-9-8-10-19(13-18)28-23(31)17(3)4/h8-14,16H,3,15H2,1-2,4-7H3,(H,28,31). The van der Waals surface area contributed by atoms with Crippen LogP contribution in [0.25, 0.3) is 5.65 Å². The summed E-state index contributed by atoms with van der Waals surface area (Å²) in [6, 6.07) is 9.05. The van der Waals surface area contributed by atoms with E-state index in [2.05, 4.69) is 35.8 Å². The number of hydrogen-bond acceptors (Lipinski definition) is 5. The first kappa shape index (κ1) is 24.0. The lowest BCUT2D eigenvalue weighted by Crippen LogP contribution is -2.37. The van der Waals surface area contributed by atoms with Gasteiger partial charge in [0.25, 0.3) is 5.91 Å². The molecule has 0 aliphatic heterocycles. The Morgan fingerprint density at radius 3 is 2.61 bits per heavy atom. The van der Waals surface area contributed by atoms with Crippen LogP contribution in [0.15, 0.2) is 54.9 Å². The van der Waals surface area contributed by atoms with Crippen molar-refractivity contribution in [3.05, 3.63) is 66.0 Å². The van der Waals surface area contributed by atoms with Gasteiger partial charge in [-0.3, -0.25) is 9.69 Å². The number of fused-ring (bicyclic) bond motifs is 1. The number of anilines is 2. The molecule has 0 unspecified atom stereocenters. The molecule has 0 radical (unpaired) electrons. The quantitative estimate of drug-likeness (QED) is 0.515. The van der Waals surface area contributed by atoms with Crippen LogP contribution in [-0.4, -0.2) is 32.2 Å². The van der Waals surface area contributed by atoms with Gasteiger partial charge >= 0.3 is 6.09 Å². The van der Waals surface area contributed by atoms with Crippen LogP contribution in [0.4, 0.5) is 16.3 Å². The van der Waals surface area contributed by atoms with Crippen LogP contribution in [0, 0.1) is 0 Å². The van der Waals surface area contributed by atoms with Gasteiger partial charge in [-0.1, -0.05) is 32.6 Å².